The van der Waals surface area contributed by atoms with Gasteiger partial charge in [-0.05, 0) is 43.4 Å². The van der Waals surface area contributed by atoms with Crippen LogP contribution in [0.15, 0.2) is 35.6 Å². The average molecular weight is 594 g/mol. The molecule has 1 fully saturated rings. The molecule has 1 atom stereocenters. The van der Waals surface area contributed by atoms with E-state index in [1.165, 1.54) is 12.1 Å². The summed E-state index contributed by atoms with van der Waals surface area (Å²) >= 11 is 5.98. The number of carbonyl (C=O) groups excluding carboxylic acids is 3. The van der Waals surface area contributed by atoms with Crippen molar-refractivity contribution in [3.8, 4) is 0 Å². The van der Waals surface area contributed by atoms with Crippen LogP contribution in [0.5, 0.6) is 0 Å². The first-order valence-electron chi connectivity index (χ1n) is 12.8. The minimum atomic E-state index is -3.76. The number of aromatic nitrogens is 2. The van der Waals surface area contributed by atoms with Crippen molar-refractivity contribution in [1.29, 1.82) is 0 Å². The van der Waals surface area contributed by atoms with Gasteiger partial charge >= 0.3 is 5.97 Å². The number of benzene rings is 1. The van der Waals surface area contributed by atoms with Gasteiger partial charge in [0.2, 0.25) is 26.8 Å². The van der Waals surface area contributed by atoms with Crippen molar-refractivity contribution in [1.82, 2.24) is 20.2 Å². The van der Waals surface area contributed by atoms with Crippen molar-refractivity contribution in [2.24, 2.45) is 5.41 Å². The Bertz CT molecular complexity index is 1390. The number of carbonyl (C=O) groups is 4. The highest BCUT2D eigenvalue weighted by atomic mass is 35.5. The highest BCUT2D eigenvalue weighted by Gasteiger charge is 2.46. The van der Waals surface area contributed by atoms with Gasteiger partial charge in [0.1, 0.15) is 11.5 Å². The van der Waals surface area contributed by atoms with Gasteiger partial charge in [-0.15, -0.1) is 0 Å². The number of nitrogens with zero attached hydrogens (tertiary/aromatic N) is 3. The molecule has 0 radical (unpaired) electrons. The number of hydrogen-bond donors (Lipinski definition) is 3. The molecule has 3 rings (SSSR count). The van der Waals surface area contributed by atoms with Crippen molar-refractivity contribution in [2.75, 3.05) is 24.7 Å². The van der Waals surface area contributed by atoms with Gasteiger partial charge in [0.15, 0.2) is 5.69 Å². The first kappa shape index (κ1) is 31.0. The number of amides is 3. The average Bonchev–Trinajstić information content (AvgIpc) is 3.45. The Kier molecular flexibility index (Phi) is 9.85. The Morgan fingerprint density at radius 2 is 1.70 bits per heavy atom. The number of hydrogen-bond acceptors (Lipinski definition) is 8. The van der Waals surface area contributed by atoms with Crippen molar-refractivity contribution in [3.63, 3.8) is 0 Å². The van der Waals surface area contributed by atoms with Gasteiger partial charge in [0.05, 0.1) is 11.2 Å². The zero-order chi connectivity index (χ0) is 29.7. The topological polar surface area (TPSA) is 176 Å². The SMILES string of the molecule is CCC(CC)(C(=O)N[C@@H](Cc1ccc(NC(=O)c2nc(S(C)(=O)=O)ncc2Cl)cc1)C(=O)O)C(=O)N1CCCC1. The fraction of sp³-hybridized carbons (Fsp3) is 0.462. The van der Waals surface area contributed by atoms with Crippen LogP contribution in [0.25, 0.3) is 0 Å². The fourth-order valence-electron chi connectivity index (χ4n) is 4.53. The number of likely N-dealkylation sites (tertiary alicyclic amines) is 1. The van der Waals surface area contributed by atoms with Gasteiger partial charge in [-0.25, -0.2) is 23.2 Å². The molecule has 2 aromatic rings. The number of aliphatic carboxylic acids is 1. The summed E-state index contributed by atoms with van der Waals surface area (Å²) in [6.45, 7) is 4.66. The zero-order valence-electron chi connectivity index (χ0n) is 22.4. The highest BCUT2D eigenvalue weighted by molar-refractivity contribution is 7.90. The lowest BCUT2D eigenvalue weighted by atomic mass is 9.79. The lowest BCUT2D eigenvalue weighted by molar-refractivity contribution is -0.153. The Balaban J connectivity index is 1.72. The predicted octanol–water partition coefficient (Wildman–Crippen LogP) is 2.33. The Morgan fingerprint density at radius 1 is 1.10 bits per heavy atom. The lowest BCUT2D eigenvalue weighted by Gasteiger charge is -2.34. The first-order valence-corrected chi connectivity index (χ1v) is 15.0. The Morgan fingerprint density at radius 3 is 2.23 bits per heavy atom. The summed E-state index contributed by atoms with van der Waals surface area (Å²) in [5.74, 6) is -2.90. The minimum absolute atomic E-state index is 0.0633. The van der Waals surface area contributed by atoms with Crippen LogP contribution >= 0.6 is 11.6 Å². The van der Waals surface area contributed by atoms with Crippen molar-refractivity contribution < 1.29 is 32.7 Å². The smallest absolute Gasteiger partial charge is 0.326 e. The molecule has 0 bridgehead atoms. The summed E-state index contributed by atoms with van der Waals surface area (Å²) in [7, 11) is -3.76. The summed E-state index contributed by atoms with van der Waals surface area (Å²) in [5, 5.41) is 14.3. The number of rotatable bonds is 11. The van der Waals surface area contributed by atoms with Crippen LogP contribution < -0.4 is 10.6 Å². The molecule has 1 aliphatic rings. The quantitative estimate of drug-likeness (QED) is 0.261. The number of carboxylic acid groups (broad SMARTS) is 1. The second-order valence-electron chi connectivity index (χ2n) is 9.63. The van der Waals surface area contributed by atoms with Gasteiger partial charge in [-0.3, -0.25) is 14.4 Å². The predicted molar refractivity (Wildman–Crippen MR) is 147 cm³/mol. The molecule has 1 aromatic heterocycles. The number of carboxylic acids is 1. The first-order chi connectivity index (χ1) is 18.8. The van der Waals surface area contributed by atoms with Crippen LogP contribution in [0.3, 0.4) is 0 Å². The van der Waals surface area contributed by atoms with E-state index in [1.807, 2.05) is 0 Å². The van der Waals surface area contributed by atoms with E-state index in [-0.39, 0.29) is 35.9 Å². The number of sulfone groups is 1. The normalized spacial score (nSPS) is 14.4. The van der Waals surface area contributed by atoms with E-state index in [4.69, 9.17) is 11.6 Å². The third kappa shape index (κ3) is 6.94. The maximum Gasteiger partial charge on any atom is 0.326 e. The van der Waals surface area contributed by atoms with Gasteiger partial charge in [-0.1, -0.05) is 37.6 Å². The van der Waals surface area contributed by atoms with Crippen molar-refractivity contribution in [3.05, 3.63) is 46.7 Å². The molecule has 0 saturated carbocycles. The van der Waals surface area contributed by atoms with Gasteiger partial charge in [0.25, 0.3) is 5.91 Å². The molecular formula is C26H32ClN5O7S. The van der Waals surface area contributed by atoms with E-state index < -0.39 is 44.2 Å². The van der Waals surface area contributed by atoms with E-state index in [0.29, 0.717) is 24.3 Å². The molecule has 1 aromatic carbocycles. The number of anilines is 1. The van der Waals surface area contributed by atoms with Crippen molar-refractivity contribution in [2.45, 2.75) is 57.1 Å². The molecule has 14 heteroatoms. The summed E-state index contributed by atoms with van der Waals surface area (Å²) in [6.07, 6.45) is 4.10. The summed E-state index contributed by atoms with van der Waals surface area (Å²) in [5.41, 5.74) is -0.804. The van der Waals surface area contributed by atoms with Gasteiger partial charge in [0, 0.05) is 31.5 Å². The molecule has 0 spiro atoms. The van der Waals surface area contributed by atoms with Gasteiger partial charge in [-0.2, -0.15) is 0 Å². The molecule has 3 N–H and O–H groups in total. The monoisotopic (exact) mass is 593 g/mol. The van der Waals surface area contributed by atoms with E-state index in [2.05, 4.69) is 20.6 Å². The van der Waals surface area contributed by atoms with E-state index in [1.54, 1.807) is 30.9 Å². The van der Waals surface area contributed by atoms with Crippen LogP contribution in [0, 0.1) is 5.41 Å². The molecule has 216 valence electrons. The highest BCUT2D eigenvalue weighted by Crippen LogP contribution is 2.31. The summed E-state index contributed by atoms with van der Waals surface area (Å²) < 4.78 is 23.4. The van der Waals surface area contributed by atoms with Crippen LogP contribution in [-0.4, -0.2) is 77.5 Å². The van der Waals surface area contributed by atoms with Crippen LogP contribution in [0.1, 0.15) is 55.6 Å². The van der Waals surface area contributed by atoms with Crippen molar-refractivity contribution >= 4 is 50.8 Å². The summed E-state index contributed by atoms with van der Waals surface area (Å²) in [4.78, 5) is 60.3. The molecular weight excluding hydrogens is 562 g/mol. The maximum absolute atomic E-state index is 13.3. The number of nitrogens with one attached hydrogen (secondary N) is 2. The molecule has 0 unspecified atom stereocenters. The third-order valence-corrected chi connectivity index (χ3v) is 8.10. The van der Waals surface area contributed by atoms with Crippen LogP contribution in [0.4, 0.5) is 5.69 Å². The van der Waals surface area contributed by atoms with E-state index in [9.17, 15) is 32.7 Å². The van der Waals surface area contributed by atoms with E-state index in [0.717, 1.165) is 25.3 Å². The third-order valence-electron chi connectivity index (χ3n) is 6.97. The van der Waals surface area contributed by atoms with Crippen LogP contribution in [0.2, 0.25) is 5.02 Å². The van der Waals surface area contributed by atoms with E-state index >= 15 is 0 Å². The molecule has 12 nitrogen and oxygen atoms in total. The lowest BCUT2D eigenvalue weighted by Crippen LogP contribution is -2.55. The van der Waals surface area contributed by atoms with Crippen LogP contribution in [-0.2, 0) is 30.6 Å². The molecule has 1 aliphatic heterocycles. The summed E-state index contributed by atoms with van der Waals surface area (Å²) in [6, 6.07) is 4.89. The molecule has 40 heavy (non-hydrogen) atoms. The Hall–Kier alpha value is -3.58. The second kappa shape index (κ2) is 12.7. The zero-order valence-corrected chi connectivity index (χ0v) is 24.0. The second-order valence-corrected chi connectivity index (χ2v) is 11.9. The molecule has 2 heterocycles. The molecule has 1 saturated heterocycles. The maximum atomic E-state index is 13.3. The largest absolute Gasteiger partial charge is 0.480 e. The Labute approximate surface area is 237 Å². The fourth-order valence-corrected chi connectivity index (χ4v) is 5.21. The number of halogens is 1. The molecule has 0 aliphatic carbocycles. The molecule has 3 amide bonds. The standard InChI is InChI=1S/C26H32ClN5O7S/c1-4-26(5-2,24(37)32-12-6-7-13-32)23(36)30-19(22(34)35)14-16-8-10-17(11-9-16)29-21(33)20-18(27)15-28-25(31-20)40(3,38)39/h8-11,15,19H,4-7,12-14H2,1-3H3,(H,29,33)(H,30,36)(H,34,35)/t19-/m0/s1. The van der Waals surface area contributed by atoms with Gasteiger partial charge < -0.3 is 20.6 Å². The minimum Gasteiger partial charge on any atom is -0.480 e.